The van der Waals surface area contributed by atoms with Crippen LogP contribution in [0.4, 0.5) is 16.2 Å². The molecule has 1 saturated heterocycles. The summed E-state index contributed by atoms with van der Waals surface area (Å²) >= 11 is 0. The Morgan fingerprint density at radius 1 is 0.970 bits per heavy atom. The molecule has 1 heterocycles. The van der Waals surface area contributed by atoms with Crippen molar-refractivity contribution in [3.63, 3.8) is 0 Å². The molecule has 0 saturated carbocycles. The van der Waals surface area contributed by atoms with Gasteiger partial charge in [-0.15, -0.1) is 0 Å². The lowest BCUT2D eigenvalue weighted by atomic mass is 10.1. The molecule has 0 spiro atoms. The zero-order chi connectivity index (χ0) is 23.4. The molecular weight excluding hydrogens is 414 g/mol. The molecule has 6 nitrogen and oxygen atoms in total. The highest BCUT2D eigenvalue weighted by molar-refractivity contribution is 6.04. The van der Waals surface area contributed by atoms with Crippen LogP contribution in [-0.2, 0) is 6.54 Å². The fourth-order valence-electron chi connectivity index (χ4n) is 4.25. The van der Waals surface area contributed by atoms with E-state index in [1.165, 1.54) is 11.1 Å². The van der Waals surface area contributed by atoms with Crippen LogP contribution < -0.4 is 15.0 Å². The van der Waals surface area contributed by atoms with E-state index in [-0.39, 0.29) is 11.9 Å². The van der Waals surface area contributed by atoms with Gasteiger partial charge in [-0.05, 0) is 68.3 Å². The maximum atomic E-state index is 13.3. The van der Waals surface area contributed by atoms with Crippen LogP contribution in [0.15, 0.2) is 66.7 Å². The lowest BCUT2D eigenvalue weighted by molar-refractivity contribution is 0.102. The normalized spacial score (nSPS) is 13.7. The Kier molecular flexibility index (Phi) is 6.63. The predicted octanol–water partition coefficient (Wildman–Crippen LogP) is 5.40. The van der Waals surface area contributed by atoms with Crippen molar-refractivity contribution in [3.05, 3.63) is 89.0 Å². The smallest absolute Gasteiger partial charge is 0.324 e. The minimum atomic E-state index is -0.212. The quantitative estimate of drug-likeness (QED) is 0.555. The van der Waals surface area contributed by atoms with Crippen molar-refractivity contribution in [2.45, 2.75) is 26.8 Å². The lowest BCUT2D eigenvalue weighted by Gasteiger charge is -2.36. The number of carbonyl (C=O) groups is 2. The molecule has 0 bridgehead atoms. The van der Waals surface area contributed by atoms with E-state index >= 15 is 0 Å². The van der Waals surface area contributed by atoms with Crippen LogP contribution in [0.5, 0.6) is 5.75 Å². The fourth-order valence-corrected chi connectivity index (χ4v) is 4.25. The standard InChI is InChI=1S/C27H29N3O3/c1-19-14-20(2)16-21(15-19)18-29-12-5-13-30(27(29)32)24-7-4-6-23(17-24)28-26(31)22-8-10-25(33-3)11-9-22/h4,6-11,14-17H,5,12-13,18H2,1-3H3,(H,28,31). The van der Waals surface area contributed by atoms with Crippen LogP contribution in [0.3, 0.4) is 0 Å². The lowest BCUT2D eigenvalue weighted by Crippen LogP contribution is -2.49. The van der Waals surface area contributed by atoms with Crippen molar-refractivity contribution in [1.82, 2.24) is 4.90 Å². The largest absolute Gasteiger partial charge is 0.497 e. The number of amides is 3. The Morgan fingerprint density at radius 3 is 2.39 bits per heavy atom. The second kappa shape index (κ2) is 9.77. The average molecular weight is 444 g/mol. The third-order valence-electron chi connectivity index (χ3n) is 5.73. The molecule has 1 N–H and O–H groups in total. The zero-order valence-corrected chi connectivity index (χ0v) is 19.3. The molecule has 3 aromatic carbocycles. The van der Waals surface area contributed by atoms with Gasteiger partial charge in [0, 0.05) is 36.6 Å². The maximum absolute atomic E-state index is 13.3. The number of carbonyl (C=O) groups excluding carboxylic acids is 2. The first-order chi connectivity index (χ1) is 15.9. The highest BCUT2D eigenvalue weighted by Crippen LogP contribution is 2.25. The van der Waals surface area contributed by atoms with Gasteiger partial charge in [-0.2, -0.15) is 0 Å². The molecule has 170 valence electrons. The van der Waals surface area contributed by atoms with Crippen molar-refractivity contribution in [2.75, 3.05) is 30.4 Å². The van der Waals surface area contributed by atoms with E-state index < -0.39 is 0 Å². The van der Waals surface area contributed by atoms with E-state index in [4.69, 9.17) is 4.74 Å². The summed E-state index contributed by atoms with van der Waals surface area (Å²) in [6, 6.07) is 20.8. The van der Waals surface area contributed by atoms with Gasteiger partial charge >= 0.3 is 6.03 Å². The number of urea groups is 1. The van der Waals surface area contributed by atoms with Crippen molar-refractivity contribution < 1.29 is 14.3 Å². The molecule has 1 fully saturated rings. The van der Waals surface area contributed by atoms with E-state index in [0.29, 0.717) is 30.1 Å². The van der Waals surface area contributed by atoms with Gasteiger partial charge < -0.3 is 15.0 Å². The fraction of sp³-hybridized carbons (Fsp3) is 0.259. The van der Waals surface area contributed by atoms with Crippen molar-refractivity contribution in [2.24, 2.45) is 0 Å². The third kappa shape index (κ3) is 5.34. The summed E-state index contributed by atoms with van der Waals surface area (Å²) < 4.78 is 5.14. The Hall–Kier alpha value is -3.80. The van der Waals surface area contributed by atoms with Crippen molar-refractivity contribution in [3.8, 4) is 5.75 Å². The van der Waals surface area contributed by atoms with E-state index in [0.717, 1.165) is 24.2 Å². The average Bonchev–Trinajstić information content (AvgIpc) is 2.80. The minimum Gasteiger partial charge on any atom is -0.497 e. The number of hydrogen-bond acceptors (Lipinski definition) is 3. The molecule has 0 radical (unpaired) electrons. The molecule has 6 heteroatoms. The van der Waals surface area contributed by atoms with Crippen LogP contribution in [-0.4, -0.2) is 37.0 Å². The summed E-state index contributed by atoms with van der Waals surface area (Å²) in [6.07, 6.45) is 0.888. The summed E-state index contributed by atoms with van der Waals surface area (Å²) in [4.78, 5) is 29.6. The van der Waals surface area contributed by atoms with E-state index in [9.17, 15) is 9.59 Å². The first-order valence-corrected chi connectivity index (χ1v) is 11.1. The molecule has 0 unspecified atom stereocenters. The number of aryl methyl sites for hydroxylation is 2. The first-order valence-electron chi connectivity index (χ1n) is 11.1. The summed E-state index contributed by atoms with van der Waals surface area (Å²) in [5.74, 6) is 0.485. The number of ether oxygens (including phenoxy) is 1. The molecule has 0 aromatic heterocycles. The Balaban J connectivity index is 1.47. The van der Waals surface area contributed by atoms with Gasteiger partial charge in [-0.3, -0.25) is 9.69 Å². The first kappa shape index (κ1) is 22.4. The number of hydrogen-bond donors (Lipinski definition) is 1. The molecule has 1 aliphatic rings. The van der Waals surface area contributed by atoms with Crippen LogP contribution in [0.25, 0.3) is 0 Å². The molecule has 0 atom stereocenters. The summed E-state index contributed by atoms with van der Waals surface area (Å²) in [5, 5.41) is 2.92. The van der Waals surface area contributed by atoms with E-state index in [1.54, 1.807) is 36.3 Å². The van der Waals surface area contributed by atoms with Crippen molar-refractivity contribution in [1.29, 1.82) is 0 Å². The van der Waals surface area contributed by atoms with Gasteiger partial charge in [-0.25, -0.2) is 4.79 Å². The predicted molar refractivity (Wildman–Crippen MR) is 131 cm³/mol. The van der Waals surface area contributed by atoms with Gasteiger partial charge in [0.2, 0.25) is 0 Å². The molecule has 4 rings (SSSR count). The van der Waals surface area contributed by atoms with Crippen molar-refractivity contribution >= 4 is 23.3 Å². The molecule has 3 aromatic rings. The minimum absolute atomic E-state index is 0.0148. The van der Waals surface area contributed by atoms with Gasteiger partial charge in [0.05, 0.1) is 7.11 Å². The second-order valence-electron chi connectivity index (χ2n) is 8.44. The Bertz CT molecular complexity index is 1140. The van der Waals surface area contributed by atoms with Gasteiger partial charge in [0.15, 0.2) is 0 Å². The third-order valence-corrected chi connectivity index (χ3v) is 5.73. The number of methoxy groups -OCH3 is 1. The van der Waals surface area contributed by atoms with Crippen LogP contribution >= 0.6 is 0 Å². The van der Waals surface area contributed by atoms with E-state index in [2.05, 4.69) is 37.4 Å². The van der Waals surface area contributed by atoms with Crippen LogP contribution in [0.1, 0.15) is 33.5 Å². The Morgan fingerprint density at radius 2 is 1.70 bits per heavy atom. The van der Waals surface area contributed by atoms with Gasteiger partial charge in [-0.1, -0.05) is 35.4 Å². The summed E-state index contributed by atoms with van der Waals surface area (Å²) in [6.45, 7) is 6.12. The van der Waals surface area contributed by atoms with Crippen LogP contribution in [0, 0.1) is 13.8 Å². The summed E-state index contributed by atoms with van der Waals surface area (Å²) in [7, 11) is 1.59. The Labute approximate surface area is 194 Å². The SMILES string of the molecule is COc1ccc(C(=O)Nc2cccc(N3CCCN(Cc4cc(C)cc(C)c4)C3=O)c2)cc1. The number of rotatable bonds is 6. The van der Waals surface area contributed by atoms with E-state index in [1.807, 2.05) is 29.2 Å². The number of benzene rings is 3. The monoisotopic (exact) mass is 443 g/mol. The number of nitrogens with one attached hydrogen (secondary N) is 1. The molecular formula is C27H29N3O3. The van der Waals surface area contributed by atoms with Gasteiger partial charge in [0.1, 0.15) is 5.75 Å². The second-order valence-corrected chi connectivity index (χ2v) is 8.44. The highest BCUT2D eigenvalue weighted by Gasteiger charge is 2.27. The maximum Gasteiger partial charge on any atom is 0.324 e. The molecule has 3 amide bonds. The molecule has 0 aliphatic carbocycles. The zero-order valence-electron chi connectivity index (χ0n) is 19.3. The summed E-state index contributed by atoms with van der Waals surface area (Å²) in [5.41, 5.74) is 5.50. The number of anilines is 2. The topological polar surface area (TPSA) is 61.9 Å². The molecule has 1 aliphatic heterocycles. The molecule has 33 heavy (non-hydrogen) atoms. The highest BCUT2D eigenvalue weighted by atomic mass is 16.5. The van der Waals surface area contributed by atoms with Gasteiger partial charge in [0.25, 0.3) is 5.91 Å². The number of nitrogens with zero attached hydrogens (tertiary/aromatic N) is 2. The van der Waals surface area contributed by atoms with Crippen LogP contribution in [0.2, 0.25) is 0 Å².